The Balaban J connectivity index is 0.000000221. The van der Waals surface area contributed by atoms with Gasteiger partial charge in [0.1, 0.15) is 0 Å². The Morgan fingerprint density at radius 3 is 2.29 bits per heavy atom. The quantitative estimate of drug-likeness (QED) is 0.102. The molecule has 6 rings (SSSR count). The Kier molecular flexibility index (Phi) is 10.1. The summed E-state index contributed by atoms with van der Waals surface area (Å²) >= 11 is 1.86. The molecule has 5 aromatic rings. The van der Waals surface area contributed by atoms with Crippen LogP contribution in [0.4, 0.5) is 0 Å². The van der Waals surface area contributed by atoms with Gasteiger partial charge in [0.2, 0.25) is 0 Å². The van der Waals surface area contributed by atoms with E-state index in [0.717, 1.165) is 36.9 Å². The van der Waals surface area contributed by atoms with E-state index in [0.29, 0.717) is 0 Å². The van der Waals surface area contributed by atoms with Crippen LogP contribution in [-0.4, -0.2) is 15.9 Å². The third-order valence-corrected chi connectivity index (χ3v) is 10.00. The number of hydrogen-bond acceptors (Lipinski definition) is 4. The summed E-state index contributed by atoms with van der Waals surface area (Å²) in [6.45, 7) is 12.8. The zero-order chi connectivity index (χ0) is 29.3. The van der Waals surface area contributed by atoms with Crippen LogP contribution < -0.4 is 0 Å². The van der Waals surface area contributed by atoms with E-state index < -0.39 is 0 Å². The number of aliphatic hydroxyl groups excluding tert-OH is 1. The monoisotopic (exact) mass is 755 g/mol. The molecule has 0 amide bonds. The van der Waals surface area contributed by atoms with Crippen molar-refractivity contribution in [3.05, 3.63) is 89.8 Å². The maximum Gasteiger partial charge on any atom is 0.162 e. The second-order valence-electron chi connectivity index (χ2n) is 11.6. The molecule has 3 nitrogen and oxygen atoms in total. The van der Waals surface area contributed by atoms with E-state index in [9.17, 15) is 9.90 Å². The standard InChI is InChI=1S/C24H16NS.C13H24O2.Ir/c1-24(2)17-8-5-9-18-20(17)21-19(26-18)12-13-25-23(21)16-11-10-14-6-3-4-7-15(14)22(16)24;1-5-10(6-2)12(14)9-13(15)11(7-3)8-4;/h3-10,12-13H,1-2H3;9-11,14H,5-8H2,1-4H3;/q-1;;/b;12-9-;. The molecular weight excluding hydrogens is 715 g/mol. The summed E-state index contributed by atoms with van der Waals surface area (Å²) in [6, 6.07) is 23.2. The number of thiophene rings is 1. The first kappa shape index (κ1) is 32.1. The number of pyridine rings is 1. The minimum absolute atomic E-state index is 0. The van der Waals surface area contributed by atoms with Crippen molar-refractivity contribution < 1.29 is 30.0 Å². The van der Waals surface area contributed by atoms with Gasteiger partial charge in [0.25, 0.3) is 0 Å². The molecule has 2 heterocycles. The molecule has 42 heavy (non-hydrogen) atoms. The number of benzene rings is 3. The Morgan fingerprint density at radius 1 is 0.929 bits per heavy atom. The van der Waals surface area contributed by atoms with Gasteiger partial charge in [0.05, 0.1) is 5.76 Å². The fourth-order valence-corrected chi connectivity index (χ4v) is 7.56. The molecule has 1 aliphatic rings. The zero-order valence-corrected chi connectivity index (χ0v) is 28.6. The van der Waals surface area contributed by atoms with Crippen LogP contribution in [0, 0.1) is 17.9 Å². The fraction of sp³-hybridized carbons (Fsp3) is 0.351. The summed E-state index contributed by atoms with van der Waals surface area (Å²) < 4.78 is 2.65. The van der Waals surface area contributed by atoms with Gasteiger partial charge in [-0.1, -0.05) is 88.7 Å². The molecule has 221 valence electrons. The van der Waals surface area contributed by atoms with E-state index >= 15 is 0 Å². The van der Waals surface area contributed by atoms with Crippen molar-refractivity contribution in [2.75, 3.05) is 0 Å². The predicted molar refractivity (Wildman–Crippen MR) is 175 cm³/mol. The van der Waals surface area contributed by atoms with Crippen molar-refractivity contribution in [1.82, 2.24) is 4.98 Å². The first-order valence-electron chi connectivity index (χ1n) is 15.0. The summed E-state index contributed by atoms with van der Waals surface area (Å²) in [7, 11) is 0. The third kappa shape index (κ3) is 5.59. The van der Waals surface area contributed by atoms with Crippen LogP contribution in [0.25, 0.3) is 42.2 Å². The van der Waals surface area contributed by atoms with Gasteiger partial charge in [-0.05, 0) is 65.3 Å². The summed E-state index contributed by atoms with van der Waals surface area (Å²) in [6.07, 6.45) is 6.85. The van der Waals surface area contributed by atoms with Crippen LogP contribution >= 0.6 is 11.3 Å². The molecule has 0 aliphatic heterocycles. The molecule has 0 atom stereocenters. The number of carbonyl (C=O) groups is 1. The number of nitrogens with zero attached hydrogens (tertiary/aromatic N) is 1. The van der Waals surface area contributed by atoms with E-state index in [1.54, 1.807) is 0 Å². The molecule has 0 unspecified atom stereocenters. The topological polar surface area (TPSA) is 50.2 Å². The van der Waals surface area contributed by atoms with Crippen molar-refractivity contribution in [2.24, 2.45) is 11.8 Å². The first-order chi connectivity index (χ1) is 19.8. The van der Waals surface area contributed by atoms with E-state index in [1.807, 2.05) is 45.2 Å². The van der Waals surface area contributed by atoms with Crippen molar-refractivity contribution >= 4 is 48.1 Å². The third-order valence-electron chi connectivity index (χ3n) is 8.88. The van der Waals surface area contributed by atoms with Gasteiger partial charge in [-0.3, -0.25) is 4.79 Å². The summed E-state index contributed by atoms with van der Waals surface area (Å²) in [5, 5.41) is 15.0. The molecule has 0 spiro atoms. The molecule has 0 bridgehead atoms. The normalized spacial score (nSPS) is 13.7. The number of aromatic nitrogens is 1. The van der Waals surface area contributed by atoms with E-state index in [2.05, 4.69) is 74.5 Å². The van der Waals surface area contributed by atoms with Crippen molar-refractivity contribution in [3.63, 3.8) is 0 Å². The number of rotatable bonds is 7. The number of allylic oxidation sites excluding steroid dienone is 2. The number of fused-ring (bicyclic) bond motifs is 4. The fourth-order valence-electron chi connectivity index (χ4n) is 6.43. The van der Waals surface area contributed by atoms with Gasteiger partial charge in [0, 0.05) is 53.6 Å². The number of hydrogen-bond donors (Lipinski definition) is 1. The van der Waals surface area contributed by atoms with Gasteiger partial charge in [-0.15, -0.1) is 34.6 Å². The Labute approximate surface area is 267 Å². The van der Waals surface area contributed by atoms with Crippen LogP contribution in [0.3, 0.4) is 0 Å². The molecule has 5 heteroatoms. The number of carbonyl (C=O) groups excluding carboxylic acids is 1. The van der Waals surface area contributed by atoms with Crippen LogP contribution in [0.5, 0.6) is 0 Å². The average molecular weight is 755 g/mol. The summed E-state index contributed by atoms with van der Waals surface area (Å²) in [5.74, 6) is 0.547. The minimum atomic E-state index is -0.124. The average Bonchev–Trinajstić information content (AvgIpc) is 3.33. The first-order valence-corrected chi connectivity index (χ1v) is 15.8. The maximum atomic E-state index is 11.7. The SMILES string of the molecule is CC1(C)c2c([c-]cc3ccccc23)-c2nccc3sc4cccc1c4c23.CCC(CC)C(=O)/C=C(\O)C(CC)CC.[Ir]. The molecule has 0 fully saturated rings. The van der Waals surface area contributed by atoms with Crippen molar-refractivity contribution in [3.8, 4) is 11.3 Å². The summed E-state index contributed by atoms with van der Waals surface area (Å²) in [4.78, 5) is 16.6. The molecule has 0 saturated heterocycles. The minimum Gasteiger partial charge on any atom is -0.512 e. The van der Waals surface area contributed by atoms with Crippen LogP contribution in [0.1, 0.15) is 78.4 Å². The van der Waals surface area contributed by atoms with Crippen molar-refractivity contribution in [1.29, 1.82) is 0 Å². The molecule has 0 saturated carbocycles. The van der Waals surface area contributed by atoms with Gasteiger partial charge < -0.3 is 10.1 Å². The molecule has 1 N–H and O–H groups in total. The van der Waals surface area contributed by atoms with E-state index in [1.165, 1.54) is 48.1 Å². The number of ketones is 1. The van der Waals surface area contributed by atoms with Crippen LogP contribution in [0.2, 0.25) is 0 Å². The van der Waals surface area contributed by atoms with Gasteiger partial charge in [-0.25, -0.2) is 0 Å². The smallest absolute Gasteiger partial charge is 0.162 e. The second-order valence-corrected chi connectivity index (χ2v) is 12.6. The number of aliphatic hydroxyl groups is 1. The molecule has 1 radical (unpaired) electrons. The van der Waals surface area contributed by atoms with Crippen LogP contribution in [0.15, 0.2) is 72.6 Å². The Hall–Kier alpha value is -2.85. The Bertz CT molecular complexity index is 1760. The molecular formula is C37H40IrNO2S-. The molecule has 2 aromatic heterocycles. The maximum absolute atomic E-state index is 11.7. The zero-order valence-electron chi connectivity index (χ0n) is 25.4. The molecule has 3 aromatic carbocycles. The van der Waals surface area contributed by atoms with Crippen LogP contribution in [-0.2, 0) is 30.3 Å². The largest absolute Gasteiger partial charge is 0.512 e. The van der Waals surface area contributed by atoms with E-state index in [-0.39, 0.29) is 48.9 Å². The van der Waals surface area contributed by atoms with Crippen molar-refractivity contribution in [2.45, 2.75) is 72.6 Å². The van der Waals surface area contributed by atoms with Gasteiger partial charge in [0.15, 0.2) is 5.78 Å². The van der Waals surface area contributed by atoms with Gasteiger partial charge >= 0.3 is 0 Å². The van der Waals surface area contributed by atoms with Gasteiger partial charge in [-0.2, -0.15) is 0 Å². The van der Waals surface area contributed by atoms with E-state index in [4.69, 9.17) is 4.98 Å². The predicted octanol–water partition coefficient (Wildman–Crippen LogP) is 10.6. The Morgan fingerprint density at radius 2 is 1.60 bits per heavy atom. The molecule has 1 aliphatic carbocycles. The summed E-state index contributed by atoms with van der Waals surface area (Å²) in [5.41, 5.74) is 4.83. The second kappa shape index (κ2) is 13.2.